The van der Waals surface area contributed by atoms with E-state index in [2.05, 4.69) is 27.3 Å². The normalized spacial score (nSPS) is 17.2. The molecule has 0 radical (unpaired) electrons. The van der Waals surface area contributed by atoms with Gasteiger partial charge in [-0.2, -0.15) is 5.26 Å². The van der Waals surface area contributed by atoms with Crippen molar-refractivity contribution >= 4 is 45.2 Å². The highest BCUT2D eigenvalue weighted by atomic mass is 79.9. The zero-order valence-electron chi connectivity index (χ0n) is 13.1. The number of benzene rings is 2. The summed E-state index contributed by atoms with van der Waals surface area (Å²) >= 11 is 11.1. The van der Waals surface area contributed by atoms with Gasteiger partial charge in [-0.05, 0) is 29.3 Å². The van der Waals surface area contributed by atoms with E-state index in [-0.39, 0.29) is 18.2 Å². The molecule has 0 saturated heterocycles. The molecule has 2 aromatic rings. The molecular weight excluding hydrogens is 420 g/mol. The third-order valence-corrected chi connectivity index (χ3v) is 5.86. The van der Waals surface area contributed by atoms with Crippen LogP contribution in [-0.4, -0.2) is 5.91 Å². The highest BCUT2D eigenvalue weighted by molar-refractivity contribution is 9.10. The molecule has 0 bridgehead atoms. The van der Waals surface area contributed by atoms with Gasteiger partial charge in [-0.15, -0.1) is 11.8 Å². The van der Waals surface area contributed by atoms with Gasteiger partial charge in [0, 0.05) is 27.6 Å². The third kappa shape index (κ3) is 4.27. The number of nitrogens with one attached hydrogen (secondary N) is 1. The summed E-state index contributed by atoms with van der Waals surface area (Å²) in [5.74, 6) is 0.279. The lowest BCUT2D eigenvalue weighted by molar-refractivity contribution is -0.120. The van der Waals surface area contributed by atoms with E-state index >= 15 is 0 Å². The van der Waals surface area contributed by atoms with Crippen molar-refractivity contribution in [2.75, 3.05) is 0 Å². The Morgan fingerprint density at radius 1 is 1.28 bits per heavy atom. The van der Waals surface area contributed by atoms with Crippen molar-refractivity contribution in [3.05, 3.63) is 79.8 Å². The average Bonchev–Trinajstić information content (AvgIpc) is 2.60. The summed E-state index contributed by atoms with van der Waals surface area (Å²) in [6, 6.07) is 17.6. The SMILES string of the molecule is N#CC1=C(SCc2ccccc2Cl)NC(=O)C[C@@H]1c1cccc(Br)c1. The van der Waals surface area contributed by atoms with Crippen molar-refractivity contribution in [2.24, 2.45) is 0 Å². The first-order chi connectivity index (χ1) is 12.1. The molecule has 6 heteroatoms. The second kappa shape index (κ2) is 8.09. The Kier molecular flexibility index (Phi) is 5.85. The van der Waals surface area contributed by atoms with Crippen LogP contribution in [0.15, 0.2) is 63.6 Å². The fraction of sp³-hybridized carbons (Fsp3) is 0.158. The van der Waals surface area contributed by atoms with Gasteiger partial charge in [0.2, 0.25) is 5.91 Å². The topological polar surface area (TPSA) is 52.9 Å². The van der Waals surface area contributed by atoms with Crippen LogP contribution in [0.5, 0.6) is 0 Å². The minimum absolute atomic E-state index is 0.0781. The van der Waals surface area contributed by atoms with Gasteiger partial charge in [-0.1, -0.05) is 57.9 Å². The number of carbonyl (C=O) groups is 1. The van der Waals surface area contributed by atoms with Crippen LogP contribution >= 0.6 is 39.3 Å². The van der Waals surface area contributed by atoms with E-state index in [1.165, 1.54) is 11.8 Å². The predicted molar refractivity (Wildman–Crippen MR) is 105 cm³/mol. The largest absolute Gasteiger partial charge is 0.320 e. The Balaban J connectivity index is 1.91. The van der Waals surface area contributed by atoms with Crippen molar-refractivity contribution in [1.82, 2.24) is 5.32 Å². The lowest BCUT2D eigenvalue weighted by Crippen LogP contribution is -2.30. The summed E-state index contributed by atoms with van der Waals surface area (Å²) in [6.07, 6.45) is 0.273. The standard InChI is InChI=1S/C19H14BrClN2OS/c20-14-6-3-5-12(8-14)15-9-18(24)23-19(16(15)10-22)25-11-13-4-1-2-7-17(13)21/h1-8,15H,9,11H2,(H,23,24)/t15-/m1/s1. The summed E-state index contributed by atoms with van der Waals surface area (Å²) in [5, 5.41) is 13.8. The first-order valence-electron chi connectivity index (χ1n) is 7.64. The summed E-state index contributed by atoms with van der Waals surface area (Å²) in [4.78, 5) is 12.2. The molecular formula is C19H14BrClN2OS. The number of halogens is 2. The molecule has 0 spiro atoms. The fourth-order valence-electron chi connectivity index (χ4n) is 2.71. The van der Waals surface area contributed by atoms with E-state index < -0.39 is 0 Å². The molecule has 126 valence electrons. The molecule has 0 saturated carbocycles. The number of hydrogen-bond donors (Lipinski definition) is 1. The number of amides is 1. The quantitative estimate of drug-likeness (QED) is 0.705. The monoisotopic (exact) mass is 432 g/mol. The number of nitriles is 1. The van der Waals surface area contributed by atoms with Crippen molar-refractivity contribution in [3.8, 4) is 6.07 Å². The van der Waals surface area contributed by atoms with Gasteiger partial charge in [0.05, 0.1) is 16.7 Å². The van der Waals surface area contributed by atoms with Crippen LogP contribution in [0.25, 0.3) is 0 Å². The van der Waals surface area contributed by atoms with Crippen LogP contribution in [0.1, 0.15) is 23.5 Å². The molecule has 1 atom stereocenters. The fourth-order valence-corrected chi connectivity index (χ4v) is 4.49. The zero-order chi connectivity index (χ0) is 17.8. The smallest absolute Gasteiger partial charge is 0.225 e. The number of allylic oxidation sites excluding steroid dienone is 1. The van der Waals surface area contributed by atoms with E-state index in [0.29, 0.717) is 21.4 Å². The van der Waals surface area contributed by atoms with E-state index in [9.17, 15) is 10.1 Å². The van der Waals surface area contributed by atoms with E-state index in [1.807, 2.05) is 48.5 Å². The maximum Gasteiger partial charge on any atom is 0.225 e. The highest BCUT2D eigenvalue weighted by Crippen LogP contribution is 2.38. The second-order valence-electron chi connectivity index (χ2n) is 5.59. The molecule has 25 heavy (non-hydrogen) atoms. The molecule has 1 amide bonds. The van der Waals surface area contributed by atoms with Crippen molar-refractivity contribution in [1.29, 1.82) is 5.26 Å². The van der Waals surface area contributed by atoms with Crippen LogP contribution in [0.4, 0.5) is 0 Å². The van der Waals surface area contributed by atoms with Crippen LogP contribution < -0.4 is 5.32 Å². The zero-order valence-corrected chi connectivity index (χ0v) is 16.3. The predicted octanol–water partition coefficient (Wildman–Crippen LogP) is 5.37. The number of thioether (sulfide) groups is 1. The second-order valence-corrected chi connectivity index (χ2v) is 7.90. The van der Waals surface area contributed by atoms with Gasteiger partial charge in [0.25, 0.3) is 0 Å². The Bertz CT molecular complexity index is 891. The minimum Gasteiger partial charge on any atom is -0.320 e. The number of hydrogen-bond acceptors (Lipinski definition) is 3. The molecule has 0 aromatic heterocycles. The van der Waals surface area contributed by atoms with E-state index in [0.717, 1.165) is 15.6 Å². The van der Waals surface area contributed by atoms with Crippen molar-refractivity contribution < 1.29 is 4.79 Å². The number of carbonyl (C=O) groups excluding carboxylic acids is 1. The summed E-state index contributed by atoms with van der Waals surface area (Å²) < 4.78 is 0.929. The molecule has 2 aromatic carbocycles. The summed E-state index contributed by atoms with van der Waals surface area (Å²) in [5.41, 5.74) is 2.52. The highest BCUT2D eigenvalue weighted by Gasteiger charge is 2.29. The first-order valence-corrected chi connectivity index (χ1v) is 9.80. The van der Waals surface area contributed by atoms with Gasteiger partial charge >= 0.3 is 0 Å². The molecule has 0 fully saturated rings. The Hall–Kier alpha value is -1.74. The van der Waals surface area contributed by atoms with Crippen LogP contribution in [0, 0.1) is 11.3 Å². The number of nitrogens with zero attached hydrogens (tertiary/aromatic N) is 1. The first kappa shape index (κ1) is 18.1. The molecule has 3 nitrogen and oxygen atoms in total. The Morgan fingerprint density at radius 3 is 2.80 bits per heavy atom. The minimum atomic E-state index is -0.231. The molecule has 1 heterocycles. The van der Waals surface area contributed by atoms with E-state index in [1.54, 1.807) is 0 Å². The van der Waals surface area contributed by atoms with Gasteiger partial charge in [-0.25, -0.2) is 0 Å². The van der Waals surface area contributed by atoms with Crippen molar-refractivity contribution in [2.45, 2.75) is 18.1 Å². The van der Waals surface area contributed by atoms with Gasteiger partial charge in [0.15, 0.2) is 0 Å². The summed E-state index contributed by atoms with van der Waals surface area (Å²) in [7, 11) is 0. The van der Waals surface area contributed by atoms with Crippen LogP contribution in [0.2, 0.25) is 5.02 Å². The van der Waals surface area contributed by atoms with Crippen LogP contribution in [-0.2, 0) is 10.5 Å². The lowest BCUT2D eigenvalue weighted by atomic mass is 9.87. The third-order valence-electron chi connectivity index (χ3n) is 3.94. The van der Waals surface area contributed by atoms with Gasteiger partial charge in [0.1, 0.15) is 0 Å². The Morgan fingerprint density at radius 2 is 2.08 bits per heavy atom. The molecule has 1 aliphatic rings. The molecule has 0 aliphatic carbocycles. The maximum absolute atomic E-state index is 12.2. The summed E-state index contributed by atoms with van der Waals surface area (Å²) in [6.45, 7) is 0. The van der Waals surface area contributed by atoms with Gasteiger partial charge in [-0.3, -0.25) is 4.79 Å². The van der Waals surface area contributed by atoms with Gasteiger partial charge < -0.3 is 5.32 Å². The van der Waals surface area contributed by atoms with E-state index in [4.69, 9.17) is 11.6 Å². The molecule has 1 aliphatic heterocycles. The van der Waals surface area contributed by atoms with Crippen molar-refractivity contribution in [3.63, 3.8) is 0 Å². The molecule has 3 rings (SSSR count). The Labute approximate surface area is 164 Å². The lowest BCUT2D eigenvalue weighted by Gasteiger charge is -2.25. The maximum atomic E-state index is 12.2. The molecule has 1 N–H and O–H groups in total. The van der Waals surface area contributed by atoms with Crippen LogP contribution in [0.3, 0.4) is 0 Å². The average molecular weight is 434 g/mol. The molecule has 0 unspecified atom stereocenters. The number of rotatable bonds is 4.